The summed E-state index contributed by atoms with van der Waals surface area (Å²) in [5.41, 5.74) is 6.08. The molecule has 230 valence electrons. The summed E-state index contributed by atoms with van der Waals surface area (Å²) in [6, 6.07) is 14.2. The van der Waals surface area contributed by atoms with Gasteiger partial charge in [-0.2, -0.15) is 10.1 Å². The fourth-order valence-corrected chi connectivity index (χ4v) is 6.92. The van der Waals surface area contributed by atoms with E-state index in [0.29, 0.717) is 56.2 Å². The number of anilines is 1. The zero-order valence-corrected chi connectivity index (χ0v) is 26.0. The monoisotopic (exact) mass is 596 g/mol. The highest BCUT2D eigenvalue weighted by atomic mass is 16.5. The van der Waals surface area contributed by atoms with Gasteiger partial charge in [0.1, 0.15) is 6.33 Å². The molecule has 2 aromatic carbocycles. The van der Waals surface area contributed by atoms with E-state index in [1.165, 1.54) is 6.33 Å². The van der Waals surface area contributed by atoms with Crippen molar-refractivity contribution in [2.75, 3.05) is 31.7 Å². The van der Waals surface area contributed by atoms with Crippen LogP contribution in [0.5, 0.6) is 11.5 Å². The summed E-state index contributed by atoms with van der Waals surface area (Å²) in [6.45, 7) is 7.40. The Hall–Kier alpha value is -4.47. The van der Waals surface area contributed by atoms with Crippen LogP contribution in [0.2, 0.25) is 0 Å². The van der Waals surface area contributed by atoms with Crippen molar-refractivity contribution in [1.29, 1.82) is 0 Å². The summed E-state index contributed by atoms with van der Waals surface area (Å²) in [5.74, 6) is 2.20. The molecule has 0 N–H and O–H groups in total. The summed E-state index contributed by atoms with van der Waals surface area (Å²) >= 11 is 0. The third kappa shape index (κ3) is 5.73. The lowest BCUT2D eigenvalue weighted by atomic mass is 9.87. The maximum Gasteiger partial charge on any atom is 0.252 e. The first-order chi connectivity index (χ1) is 21.4. The first kappa shape index (κ1) is 29.6. The zero-order chi connectivity index (χ0) is 30.8. The number of aryl methyl sites for hydroxylation is 2. The molecule has 0 unspecified atom stereocenters. The van der Waals surface area contributed by atoms with Gasteiger partial charge in [-0.3, -0.25) is 9.59 Å². The van der Waals surface area contributed by atoms with Gasteiger partial charge in [-0.15, -0.1) is 0 Å². The third-order valence-electron chi connectivity index (χ3n) is 9.12. The van der Waals surface area contributed by atoms with E-state index in [0.717, 1.165) is 53.0 Å². The molecule has 4 heterocycles. The standard InChI is InChI=1S/C34H40N6O4/c1-22-26(23(2)40-34(37-22)35-21-36-40)12-14-33(42)38-16-7-8-18-44-32-20-25(11-13-31(32)43-4)19-30-28(15-17-38)27-9-5-6-10-29(27)39(30)24(3)41/h5-6,9-11,13,20-21,28,30H,7-8,12,14-19H2,1-4H3/t28-,30-/m1/s1. The maximum absolute atomic E-state index is 13.8. The van der Waals surface area contributed by atoms with Crippen LogP contribution in [0.3, 0.4) is 0 Å². The number of ether oxygens (including phenoxy) is 2. The van der Waals surface area contributed by atoms with E-state index in [2.05, 4.69) is 27.2 Å². The highest BCUT2D eigenvalue weighted by Crippen LogP contribution is 2.44. The number of aromatic nitrogens is 4. The van der Waals surface area contributed by atoms with Crippen LogP contribution < -0.4 is 14.4 Å². The van der Waals surface area contributed by atoms with Crippen LogP contribution in [0, 0.1) is 13.8 Å². The summed E-state index contributed by atoms with van der Waals surface area (Å²) in [4.78, 5) is 39.7. The predicted molar refractivity (Wildman–Crippen MR) is 167 cm³/mol. The second-order valence-corrected chi connectivity index (χ2v) is 11.8. The molecule has 0 fully saturated rings. The zero-order valence-electron chi connectivity index (χ0n) is 26.0. The van der Waals surface area contributed by atoms with Crippen LogP contribution in [-0.2, 0) is 22.4 Å². The summed E-state index contributed by atoms with van der Waals surface area (Å²) in [6.07, 6.45) is 5.54. The molecule has 0 aliphatic carbocycles. The van der Waals surface area contributed by atoms with E-state index in [9.17, 15) is 9.59 Å². The number of methoxy groups -OCH3 is 1. The number of carbonyl (C=O) groups excluding carboxylic acids is 2. The van der Waals surface area contributed by atoms with Gasteiger partial charge in [-0.25, -0.2) is 9.50 Å². The van der Waals surface area contributed by atoms with Crippen LogP contribution in [-0.4, -0.2) is 69.1 Å². The van der Waals surface area contributed by atoms with Crippen LogP contribution >= 0.6 is 0 Å². The predicted octanol–water partition coefficient (Wildman–Crippen LogP) is 4.84. The molecule has 44 heavy (non-hydrogen) atoms. The molecule has 2 aliphatic heterocycles. The van der Waals surface area contributed by atoms with Crippen LogP contribution in [0.25, 0.3) is 5.78 Å². The number of hydrogen-bond acceptors (Lipinski definition) is 7. The molecular formula is C34H40N6O4. The lowest BCUT2D eigenvalue weighted by Crippen LogP contribution is -2.41. The largest absolute Gasteiger partial charge is 0.493 e. The van der Waals surface area contributed by atoms with E-state index in [1.54, 1.807) is 18.5 Å². The average molecular weight is 597 g/mol. The first-order valence-electron chi connectivity index (χ1n) is 15.5. The average Bonchev–Trinajstić information content (AvgIpc) is 3.60. The van der Waals surface area contributed by atoms with E-state index >= 15 is 0 Å². The van der Waals surface area contributed by atoms with Gasteiger partial charge < -0.3 is 19.3 Å². The second kappa shape index (κ2) is 12.6. The van der Waals surface area contributed by atoms with Crippen LogP contribution in [0.4, 0.5) is 5.69 Å². The molecule has 0 saturated heterocycles. The second-order valence-electron chi connectivity index (χ2n) is 11.8. The van der Waals surface area contributed by atoms with Crippen molar-refractivity contribution >= 4 is 23.3 Å². The van der Waals surface area contributed by atoms with Crippen molar-refractivity contribution in [3.05, 3.63) is 76.9 Å². The number of rotatable bonds is 4. The first-order valence-corrected chi connectivity index (χ1v) is 15.5. The van der Waals surface area contributed by atoms with Gasteiger partial charge in [0.05, 0.1) is 13.7 Å². The Balaban J connectivity index is 1.27. The number of hydrogen-bond donors (Lipinski definition) is 0. The van der Waals surface area contributed by atoms with E-state index in [-0.39, 0.29) is 23.8 Å². The summed E-state index contributed by atoms with van der Waals surface area (Å²) in [7, 11) is 1.65. The summed E-state index contributed by atoms with van der Waals surface area (Å²) in [5, 5.41) is 4.30. The van der Waals surface area contributed by atoms with E-state index in [4.69, 9.17) is 9.47 Å². The highest BCUT2D eigenvalue weighted by molar-refractivity contribution is 5.95. The lowest BCUT2D eigenvalue weighted by molar-refractivity contribution is -0.131. The molecule has 2 atom stereocenters. The molecule has 2 bridgehead atoms. The molecule has 4 aromatic rings. The fraction of sp³-hybridized carbons (Fsp3) is 0.441. The van der Waals surface area contributed by atoms with Gasteiger partial charge >= 0.3 is 0 Å². The highest BCUT2D eigenvalue weighted by Gasteiger charge is 2.40. The van der Waals surface area contributed by atoms with Crippen molar-refractivity contribution in [3.63, 3.8) is 0 Å². The Labute approximate surface area is 258 Å². The molecule has 0 saturated carbocycles. The number of nitrogens with zero attached hydrogens (tertiary/aromatic N) is 6. The Bertz CT molecular complexity index is 1680. The van der Waals surface area contributed by atoms with Gasteiger partial charge in [0.25, 0.3) is 5.78 Å². The van der Waals surface area contributed by atoms with Crippen molar-refractivity contribution in [2.24, 2.45) is 0 Å². The van der Waals surface area contributed by atoms with Crippen molar-refractivity contribution in [2.45, 2.75) is 71.3 Å². The Kier molecular flexibility index (Phi) is 8.50. The smallest absolute Gasteiger partial charge is 0.252 e. The van der Waals surface area contributed by atoms with Crippen LogP contribution in [0.1, 0.15) is 66.6 Å². The minimum absolute atomic E-state index is 0.0210. The van der Waals surface area contributed by atoms with Gasteiger partial charge in [0, 0.05) is 55.5 Å². The van der Waals surface area contributed by atoms with Crippen molar-refractivity contribution in [3.8, 4) is 11.5 Å². The van der Waals surface area contributed by atoms with Crippen molar-refractivity contribution < 1.29 is 19.1 Å². The van der Waals surface area contributed by atoms with E-state index < -0.39 is 0 Å². The maximum atomic E-state index is 13.8. The fourth-order valence-electron chi connectivity index (χ4n) is 6.92. The quantitative estimate of drug-likeness (QED) is 0.332. The Morgan fingerprint density at radius 3 is 2.75 bits per heavy atom. The molecule has 2 aliphatic rings. The number of amides is 2. The molecule has 0 radical (unpaired) electrons. The molecule has 0 spiro atoms. The minimum Gasteiger partial charge on any atom is -0.493 e. The van der Waals surface area contributed by atoms with Gasteiger partial charge in [-0.1, -0.05) is 24.3 Å². The number of fused-ring (bicyclic) bond motifs is 6. The van der Waals surface area contributed by atoms with Crippen molar-refractivity contribution in [1.82, 2.24) is 24.5 Å². The van der Waals surface area contributed by atoms with Crippen LogP contribution in [0.15, 0.2) is 48.8 Å². The van der Waals surface area contributed by atoms with Gasteiger partial charge in [0.15, 0.2) is 11.5 Å². The normalized spacial score (nSPS) is 18.7. The number of carbonyl (C=O) groups is 2. The third-order valence-corrected chi connectivity index (χ3v) is 9.12. The van der Waals surface area contributed by atoms with Gasteiger partial charge in [-0.05, 0) is 80.8 Å². The SMILES string of the molecule is COc1ccc2cc1OCCCCN(C(=O)CCc1c(C)nc3ncnn3c1C)CC[C@@H]1c3ccccc3N(C(C)=O)[C@@H]1C2. The molecule has 6 rings (SSSR count). The Morgan fingerprint density at radius 1 is 1.09 bits per heavy atom. The molecular weight excluding hydrogens is 556 g/mol. The molecule has 2 aromatic heterocycles. The minimum atomic E-state index is -0.0724. The Morgan fingerprint density at radius 2 is 1.93 bits per heavy atom. The summed E-state index contributed by atoms with van der Waals surface area (Å²) < 4.78 is 13.5. The lowest BCUT2D eigenvalue weighted by Gasteiger charge is -2.31. The molecule has 10 heteroatoms. The topological polar surface area (TPSA) is 102 Å². The van der Waals surface area contributed by atoms with E-state index in [1.807, 2.05) is 54.0 Å². The number of benzene rings is 2. The molecule has 2 amide bonds. The number of para-hydroxylation sites is 1. The van der Waals surface area contributed by atoms with Gasteiger partial charge in [0.2, 0.25) is 11.8 Å². The molecule has 10 nitrogen and oxygen atoms in total.